The molecule has 0 bridgehead atoms. The summed E-state index contributed by atoms with van der Waals surface area (Å²) < 4.78 is 24.4. The van der Waals surface area contributed by atoms with Gasteiger partial charge in [-0.3, -0.25) is 0 Å². The first-order valence-corrected chi connectivity index (χ1v) is 6.47. The molecule has 0 amide bonds. The number of aliphatic hydroxyl groups is 1. The number of methoxy groups -OCH3 is 1. The van der Waals surface area contributed by atoms with Crippen molar-refractivity contribution in [2.75, 3.05) is 20.3 Å². The molecule has 1 aromatic heterocycles. The van der Waals surface area contributed by atoms with E-state index in [9.17, 15) is 9.18 Å². The molecule has 19 heavy (non-hydrogen) atoms. The van der Waals surface area contributed by atoms with Crippen molar-refractivity contribution >= 4 is 27.4 Å². The van der Waals surface area contributed by atoms with Gasteiger partial charge in [0, 0.05) is 22.8 Å². The number of rotatable bonds is 5. The normalized spacial score (nSPS) is 10.9. The molecule has 6 heteroatoms. The largest absolute Gasteiger partial charge is 0.459 e. The van der Waals surface area contributed by atoms with Crippen molar-refractivity contribution in [1.82, 2.24) is 0 Å². The maximum absolute atomic E-state index is 13.9. The average Bonchev–Trinajstić information content (AvgIpc) is 2.77. The van der Waals surface area contributed by atoms with Crippen molar-refractivity contribution in [2.45, 2.75) is 6.61 Å². The number of hydrogen-bond acceptors (Lipinski definition) is 5. The zero-order valence-corrected chi connectivity index (χ0v) is 11.1. The molecule has 1 heterocycles. The summed E-state index contributed by atoms with van der Waals surface area (Å²) >= 11 is 1.16. The average molecular weight is 284 g/mol. The van der Waals surface area contributed by atoms with Gasteiger partial charge < -0.3 is 14.6 Å². The van der Waals surface area contributed by atoms with Crippen LogP contribution in [-0.4, -0.2) is 31.4 Å². The second-order valence-corrected chi connectivity index (χ2v) is 4.87. The predicted octanol–water partition coefficient (Wildman–Crippen LogP) is 2.34. The Hall–Kier alpha value is -1.50. The van der Waals surface area contributed by atoms with Crippen molar-refractivity contribution in [2.24, 2.45) is 0 Å². The van der Waals surface area contributed by atoms with Gasteiger partial charge in [0.2, 0.25) is 0 Å². The monoisotopic (exact) mass is 284 g/mol. The highest BCUT2D eigenvalue weighted by Gasteiger charge is 2.21. The Morgan fingerprint density at radius 3 is 2.95 bits per heavy atom. The van der Waals surface area contributed by atoms with E-state index >= 15 is 0 Å². The molecular formula is C13H13FO4S. The predicted molar refractivity (Wildman–Crippen MR) is 69.9 cm³/mol. The van der Waals surface area contributed by atoms with E-state index in [1.165, 1.54) is 13.2 Å². The number of benzene rings is 1. The highest BCUT2D eigenvalue weighted by molar-refractivity contribution is 7.21. The lowest BCUT2D eigenvalue weighted by molar-refractivity contribution is 0.0435. The Bertz CT molecular complexity index is 594. The second-order valence-electron chi connectivity index (χ2n) is 3.82. The van der Waals surface area contributed by atoms with Gasteiger partial charge in [-0.15, -0.1) is 11.3 Å². The van der Waals surface area contributed by atoms with Crippen molar-refractivity contribution in [3.8, 4) is 0 Å². The zero-order valence-electron chi connectivity index (χ0n) is 10.3. The minimum atomic E-state index is -0.568. The molecule has 0 spiro atoms. The number of halogens is 1. The third-order valence-corrected chi connectivity index (χ3v) is 3.74. The lowest BCUT2D eigenvalue weighted by atomic mass is 10.1. The van der Waals surface area contributed by atoms with Gasteiger partial charge in [0.1, 0.15) is 17.3 Å². The van der Waals surface area contributed by atoms with Gasteiger partial charge in [0.05, 0.1) is 13.2 Å². The molecule has 2 aromatic rings. The van der Waals surface area contributed by atoms with Crippen LogP contribution in [0.25, 0.3) is 10.1 Å². The van der Waals surface area contributed by atoms with Gasteiger partial charge in [-0.25, -0.2) is 9.18 Å². The summed E-state index contributed by atoms with van der Waals surface area (Å²) in [5.74, 6) is -0.955. The van der Waals surface area contributed by atoms with E-state index in [4.69, 9.17) is 14.6 Å². The quantitative estimate of drug-likeness (QED) is 0.856. The van der Waals surface area contributed by atoms with E-state index < -0.39 is 5.97 Å². The molecule has 2 rings (SSSR count). The standard InChI is InChI=1S/C13H13FO4S/c1-17-7-8-11-9(14)3-2-4-10(11)19-12(8)13(16)18-6-5-15/h2-4,15H,5-7H2,1H3. The van der Waals surface area contributed by atoms with Crippen LogP contribution >= 0.6 is 11.3 Å². The van der Waals surface area contributed by atoms with Gasteiger partial charge in [-0.05, 0) is 12.1 Å². The van der Waals surface area contributed by atoms with Crippen LogP contribution < -0.4 is 0 Å². The number of ether oxygens (including phenoxy) is 2. The Labute approximate surface area is 113 Å². The van der Waals surface area contributed by atoms with Gasteiger partial charge in [0.25, 0.3) is 0 Å². The van der Waals surface area contributed by atoms with E-state index in [0.29, 0.717) is 20.5 Å². The summed E-state index contributed by atoms with van der Waals surface area (Å²) in [5.41, 5.74) is 0.489. The van der Waals surface area contributed by atoms with Crippen LogP contribution in [0.1, 0.15) is 15.2 Å². The van der Waals surface area contributed by atoms with E-state index in [1.807, 2.05) is 0 Å². The van der Waals surface area contributed by atoms with Crippen LogP contribution in [0.5, 0.6) is 0 Å². The Morgan fingerprint density at radius 2 is 2.26 bits per heavy atom. The molecule has 0 unspecified atom stereocenters. The van der Waals surface area contributed by atoms with Crippen LogP contribution in [0.4, 0.5) is 4.39 Å². The maximum Gasteiger partial charge on any atom is 0.348 e. The number of carbonyl (C=O) groups is 1. The zero-order chi connectivity index (χ0) is 13.8. The first kappa shape index (κ1) is 13.9. The fourth-order valence-corrected chi connectivity index (χ4v) is 2.93. The molecular weight excluding hydrogens is 271 g/mol. The van der Waals surface area contributed by atoms with Crippen molar-refractivity contribution in [3.05, 3.63) is 34.5 Å². The van der Waals surface area contributed by atoms with Crippen LogP contribution in [0.3, 0.4) is 0 Å². The summed E-state index contributed by atoms with van der Waals surface area (Å²) in [6.07, 6.45) is 0. The molecule has 0 aliphatic heterocycles. The van der Waals surface area contributed by atoms with Crippen LogP contribution in [-0.2, 0) is 16.1 Å². The fraction of sp³-hybridized carbons (Fsp3) is 0.308. The van der Waals surface area contributed by atoms with Crippen molar-refractivity contribution in [1.29, 1.82) is 0 Å². The van der Waals surface area contributed by atoms with Gasteiger partial charge in [0.15, 0.2) is 0 Å². The fourth-order valence-electron chi connectivity index (χ4n) is 1.82. The molecule has 0 saturated heterocycles. The lowest BCUT2D eigenvalue weighted by Gasteiger charge is -2.04. The van der Waals surface area contributed by atoms with Crippen molar-refractivity contribution < 1.29 is 23.8 Å². The van der Waals surface area contributed by atoms with Gasteiger partial charge in [-0.2, -0.15) is 0 Å². The summed E-state index contributed by atoms with van der Waals surface area (Å²) in [4.78, 5) is 12.2. The first-order valence-electron chi connectivity index (χ1n) is 5.65. The summed E-state index contributed by atoms with van der Waals surface area (Å²) in [7, 11) is 1.48. The summed E-state index contributed by atoms with van der Waals surface area (Å²) in [6.45, 7) is -0.197. The number of aliphatic hydroxyl groups excluding tert-OH is 1. The summed E-state index contributed by atoms with van der Waals surface area (Å²) in [6, 6.07) is 4.68. The lowest BCUT2D eigenvalue weighted by Crippen LogP contribution is -2.09. The molecule has 0 radical (unpaired) electrons. The van der Waals surface area contributed by atoms with Crippen LogP contribution in [0.2, 0.25) is 0 Å². The molecule has 0 aliphatic rings. The molecule has 4 nitrogen and oxygen atoms in total. The smallest absolute Gasteiger partial charge is 0.348 e. The highest BCUT2D eigenvalue weighted by Crippen LogP contribution is 2.34. The molecule has 0 atom stereocenters. The number of esters is 1. The number of fused-ring (bicyclic) bond motifs is 1. The Kier molecular flexibility index (Phi) is 4.47. The van der Waals surface area contributed by atoms with E-state index in [-0.39, 0.29) is 25.6 Å². The molecule has 102 valence electrons. The highest BCUT2D eigenvalue weighted by atomic mass is 32.1. The first-order chi connectivity index (χ1) is 9.19. The van der Waals surface area contributed by atoms with E-state index in [2.05, 4.69) is 0 Å². The number of carbonyl (C=O) groups excluding carboxylic acids is 1. The number of thiophene rings is 1. The maximum atomic E-state index is 13.9. The third-order valence-electron chi connectivity index (χ3n) is 2.56. The minimum absolute atomic E-state index is 0.0814. The number of hydrogen-bond donors (Lipinski definition) is 1. The SMILES string of the molecule is COCc1c(C(=O)OCCO)sc2cccc(F)c12. The minimum Gasteiger partial charge on any atom is -0.459 e. The van der Waals surface area contributed by atoms with E-state index in [0.717, 1.165) is 11.3 Å². The molecule has 0 aliphatic carbocycles. The molecule has 0 fully saturated rings. The second kappa shape index (κ2) is 6.10. The molecule has 1 aromatic carbocycles. The Balaban J connectivity index is 2.50. The van der Waals surface area contributed by atoms with Gasteiger partial charge in [-0.1, -0.05) is 6.07 Å². The summed E-state index contributed by atoms with van der Waals surface area (Å²) in [5, 5.41) is 9.05. The Morgan fingerprint density at radius 1 is 1.47 bits per heavy atom. The third kappa shape index (κ3) is 2.75. The van der Waals surface area contributed by atoms with E-state index in [1.54, 1.807) is 12.1 Å². The van der Waals surface area contributed by atoms with Crippen LogP contribution in [0.15, 0.2) is 18.2 Å². The van der Waals surface area contributed by atoms with Gasteiger partial charge >= 0.3 is 5.97 Å². The van der Waals surface area contributed by atoms with Crippen molar-refractivity contribution in [3.63, 3.8) is 0 Å². The van der Waals surface area contributed by atoms with Crippen LogP contribution in [0, 0.1) is 5.82 Å². The molecule has 0 saturated carbocycles. The molecule has 1 N–H and O–H groups in total. The topological polar surface area (TPSA) is 55.8 Å².